The fraction of sp³-hybridized carbons (Fsp3) is 0.538. The Kier molecular flexibility index (Phi) is 7.64. The van der Waals surface area contributed by atoms with Crippen LogP contribution in [0.4, 0.5) is 5.69 Å². The molecule has 0 aromatic heterocycles. The van der Waals surface area contributed by atoms with E-state index in [4.69, 9.17) is 5.73 Å². The first-order valence-electron chi connectivity index (χ1n) is 5.96. The first kappa shape index (κ1) is 17.5. The molecule has 0 unspecified atom stereocenters. The maximum absolute atomic E-state index is 5.84. The number of hydrogen-bond acceptors (Lipinski definition) is 3. The van der Waals surface area contributed by atoms with Gasteiger partial charge in [-0.25, -0.2) is 0 Å². The quantitative estimate of drug-likeness (QED) is 0.908. The molecular formula is C13H23Cl2N3. The topological polar surface area (TPSA) is 32.5 Å². The van der Waals surface area contributed by atoms with Gasteiger partial charge >= 0.3 is 0 Å². The Balaban J connectivity index is 0.00000144. The van der Waals surface area contributed by atoms with Crippen LogP contribution in [0.5, 0.6) is 0 Å². The van der Waals surface area contributed by atoms with Crippen LogP contribution in [0.1, 0.15) is 18.5 Å². The molecule has 1 aliphatic rings. The molecule has 0 aliphatic carbocycles. The molecule has 1 heterocycles. The SMILES string of the molecule is C[C@H](N)c1ccc(N2CCN(C)CC2)cc1.Cl.Cl. The number of likely N-dealkylation sites (N-methyl/N-ethyl adjacent to an activating group) is 1. The van der Waals surface area contributed by atoms with E-state index in [1.54, 1.807) is 0 Å². The second-order valence-electron chi connectivity index (χ2n) is 4.67. The molecule has 2 rings (SSSR count). The van der Waals surface area contributed by atoms with Crippen molar-refractivity contribution in [2.24, 2.45) is 5.73 Å². The van der Waals surface area contributed by atoms with Crippen molar-refractivity contribution in [1.82, 2.24) is 4.90 Å². The number of rotatable bonds is 2. The zero-order chi connectivity index (χ0) is 11.5. The summed E-state index contributed by atoms with van der Waals surface area (Å²) in [5, 5.41) is 0. The number of halogens is 2. The highest BCUT2D eigenvalue weighted by atomic mass is 35.5. The minimum Gasteiger partial charge on any atom is -0.369 e. The van der Waals surface area contributed by atoms with Gasteiger partial charge in [0.2, 0.25) is 0 Å². The van der Waals surface area contributed by atoms with E-state index in [-0.39, 0.29) is 30.9 Å². The first-order valence-corrected chi connectivity index (χ1v) is 5.96. The third-order valence-electron chi connectivity index (χ3n) is 3.29. The molecule has 2 N–H and O–H groups in total. The number of benzene rings is 1. The van der Waals surface area contributed by atoms with Crippen LogP contribution in [-0.2, 0) is 0 Å². The first-order chi connectivity index (χ1) is 7.66. The smallest absolute Gasteiger partial charge is 0.0367 e. The summed E-state index contributed by atoms with van der Waals surface area (Å²) in [7, 11) is 2.18. The Labute approximate surface area is 122 Å². The van der Waals surface area contributed by atoms with Gasteiger partial charge in [0, 0.05) is 37.9 Å². The van der Waals surface area contributed by atoms with Crippen LogP contribution in [0.15, 0.2) is 24.3 Å². The molecule has 0 amide bonds. The average Bonchev–Trinajstić information content (AvgIpc) is 2.30. The largest absolute Gasteiger partial charge is 0.369 e. The summed E-state index contributed by atoms with van der Waals surface area (Å²) in [6.45, 7) is 6.55. The molecule has 0 radical (unpaired) electrons. The van der Waals surface area contributed by atoms with E-state index in [9.17, 15) is 0 Å². The molecule has 1 aromatic rings. The van der Waals surface area contributed by atoms with E-state index in [0.29, 0.717) is 0 Å². The van der Waals surface area contributed by atoms with Crippen molar-refractivity contribution in [2.75, 3.05) is 38.1 Å². The molecule has 0 spiro atoms. The van der Waals surface area contributed by atoms with E-state index >= 15 is 0 Å². The van der Waals surface area contributed by atoms with E-state index in [1.807, 2.05) is 6.92 Å². The highest BCUT2D eigenvalue weighted by Gasteiger charge is 2.13. The molecule has 18 heavy (non-hydrogen) atoms. The molecule has 104 valence electrons. The molecule has 1 atom stereocenters. The maximum atomic E-state index is 5.84. The van der Waals surface area contributed by atoms with Gasteiger partial charge in [0.15, 0.2) is 0 Å². The van der Waals surface area contributed by atoms with Gasteiger partial charge in [0.25, 0.3) is 0 Å². The molecule has 1 fully saturated rings. The van der Waals surface area contributed by atoms with E-state index in [0.717, 1.165) is 26.2 Å². The maximum Gasteiger partial charge on any atom is 0.0367 e. The van der Waals surface area contributed by atoms with Crippen LogP contribution >= 0.6 is 24.8 Å². The summed E-state index contributed by atoms with van der Waals surface area (Å²) < 4.78 is 0. The van der Waals surface area contributed by atoms with Crippen LogP contribution in [0, 0.1) is 0 Å². The summed E-state index contributed by atoms with van der Waals surface area (Å²) in [6.07, 6.45) is 0. The van der Waals surface area contributed by atoms with Crippen LogP contribution in [-0.4, -0.2) is 38.1 Å². The molecular weight excluding hydrogens is 269 g/mol. The van der Waals surface area contributed by atoms with Gasteiger partial charge in [-0.2, -0.15) is 0 Å². The van der Waals surface area contributed by atoms with Gasteiger partial charge in [0.1, 0.15) is 0 Å². The predicted molar refractivity (Wildman–Crippen MR) is 83.3 cm³/mol. The van der Waals surface area contributed by atoms with Crippen molar-refractivity contribution in [1.29, 1.82) is 0 Å². The van der Waals surface area contributed by atoms with Crippen molar-refractivity contribution in [3.05, 3.63) is 29.8 Å². The monoisotopic (exact) mass is 291 g/mol. The number of nitrogens with two attached hydrogens (primary N) is 1. The number of nitrogens with zero attached hydrogens (tertiary/aromatic N) is 2. The third kappa shape index (κ3) is 4.32. The molecule has 3 nitrogen and oxygen atoms in total. The Hall–Kier alpha value is -0.480. The lowest BCUT2D eigenvalue weighted by atomic mass is 10.1. The van der Waals surface area contributed by atoms with Gasteiger partial charge in [-0.1, -0.05) is 12.1 Å². The third-order valence-corrected chi connectivity index (χ3v) is 3.29. The Morgan fingerprint density at radius 3 is 1.94 bits per heavy atom. The predicted octanol–water partition coefficient (Wildman–Crippen LogP) is 2.30. The second-order valence-corrected chi connectivity index (χ2v) is 4.67. The average molecular weight is 292 g/mol. The fourth-order valence-electron chi connectivity index (χ4n) is 2.05. The van der Waals surface area contributed by atoms with Gasteiger partial charge in [0.05, 0.1) is 0 Å². The lowest BCUT2D eigenvalue weighted by Gasteiger charge is -2.34. The summed E-state index contributed by atoms with van der Waals surface area (Å²) >= 11 is 0. The van der Waals surface area contributed by atoms with Gasteiger partial charge in [-0.3, -0.25) is 0 Å². The van der Waals surface area contributed by atoms with Crippen molar-refractivity contribution in [3.8, 4) is 0 Å². The minimum absolute atomic E-state index is 0. The Morgan fingerprint density at radius 1 is 1.00 bits per heavy atom. The Bertz CT molecular complexity index is 333. The lowest BCUT2D eigenvalue weighted by molar-refractivity contribution is 0.313. The van der Waals surface area contributed by atoms with Crippen molar-refractivity contribution in [2.45, 2.75) is 13.0 Å². The zero-order valence-corrected chi connectivity index (χ0v) is 12.6. The van der Waals surface area contributed by atoms with Gasteiger partial charge in [-0.15, -0.1) is 24.8 Å². The normalized spacial score (nSPS) is 17.6. The molecule has 0 saturated carbocycles. The van der Waals surface area contributed by atoms with Crippen LogP contribution in [0.2, 0.25) is 0 Å². The number of hydrogen-bond donors (Lipinski definition) is 1. The van der Waals surface area contributed by atoms with Crippen molar-refractivity contribution < 1.29 is 0 Å². The van der Waals surface area contributed by atoms with E-state index in [2.05, 4.69) is 41.1 Å². The van der Waals surface area contributed by atoms with Gasteiger partial charge in [-0.05, 0) is 31.7 Å². The van der Waals surface area contributed by atoms with Crippen molar-refractivity contribution >= 4 is 30.5 Å². The fourth-order valence-corrected chi connectivity index (χ4v) is 2.05. The molecule has 1 aliphatic heterocycles. The summed E-state index contributed by atoms with van der Waals surface area (Å²) in [4.78, 5) is 4.80. The van der Waals surface area contributed by atoms with Crippen LogP contribution in [0.25, 0.3) is 0 Å². The standard InChI is InChI=1S/C13H21N3.2ClH/c1-11(14)12-3-5-13(6-4-12)16-9-7-15(2)8-10-16;;/h3-6,11H,7-10,14H2,1-2H3;2*1H/t11-;;/m0../s1. The molecule has 5 heteroatoms. The summed E-state index contributed by atoms with van der Waals surface area (Å²) in [5.41, 5.74) is 8.36. The zero-order valence-electron chi connectivity index (χ0n) is 11.0. The van der Waals surface area contributed by atoms with Crippen molar-refractivity contribution in [3.63, 3.8) is 0 Å². The highest BCUT2D eigenvalue weighted by molar-refractivity contribution is 5.85. The van der Waals surface area contributed by atoms with Gasteiger partial charge < -0.3 is 15.5 Å². The van der Waals surface area contributed by atoms with E-state index in [1.165, 1.54) is 11.3 Å². The Morgan fingerprint density at radius 2 is 1.50 bits per heavy atom. The number of piperazine rings is 1. The van der Waals surface area contributed by atoms with Crippen LogP contribution < -0.4 is 10.6 Å². The summed E-state index contributed by atoms with van der Waals surface area (Å²) in [6, 6.07) is 8.77. The van der Waals surface area contributed by atoms with Crippen LogP contribution in [0.3, 0.4) is 0 Å². The van der Waals surface area contributed by atoms with E-state index < -0.39 is 0 Å². The molecule has 0 bridgehead atoms. The number of anilines is 1. The highest BCUT2D eigenvalue weighted by Crippen LogP contribution is 2.19. The molecule has 1 aromatic carbocycles. The second kappa shape index (κ2) is 7.85. The summed E-state index contributed by atoms with van der Waals surface area (Å²) in [5.74, 6) is 0. The minimum atomic E-state index is 0. The molecule has 1 saturated heterocycles. The lowest BCUT2D eigenvalue weighted by Crippen LogP contribution is -2.44.